The van der Waals surface area contributed by atoms with Crippen LogP contribution in [0.3, 0.4) is 0 Å². The van der Waals surface area contributed by atoms with Crippen molar-refractivity contribution in [2.75, 3.05) is 0 Å². The number of Topliss-reactive ketones (excluding diaryl/α,β-unsaturated/α-hetero) is 1. The predicted molar refractivity (Wildman–Crippen MR) is 69.3 cm³/mol. The Morgan fingerprint density at radius 2 is 2.20 bits per heavy atom. The van der Waals surface area contributed by atoms with Crippen molar-refractivity contribution in [2.45, 2.75) is 38.7 Å². The second-order valence-electron chi connectivity index (χ2n) is 4.86. The lowest BCUT2D eigenvalue weighted by Crippen LogP contribution is -2.17. The average molecular weight is 306 g/mol. The van der Waals surface area contributed by atoms with Crippen molar-refractivity contribution in [1.82, 2.24) is 0 Å². The number of carboxylic acid groups (broad SMARTS) is 1. The Balaban J connectivity index is 2.53. The summed E-state index contributed by atoms with van der Waals surface area (Å²) in [5.41, 5.74) is 0. The van der Waals surface area contributed by atoms with Gasteiger partial charge in [-0.1, -0.05) is 12.2 Å². The molecule has 0 aromatic heterocycles. The van der Waals surface area contributed by atoms with Crippen LogP contribution in [0, 0.1) is 11.8 Å². The molecule has 0 heterocycles. The van der Waals surface area contributed by atoms with Gasteiger partial charge in [-0.3, -0.25) is 14.1 Å². The maximum atomic E-state index is 11.7. The minimum Gasteiger partial charge on any atom is -0.481 e. The largest absolute Gasteiger partial charge is 0.481 e. The molecule has 0 bridgehead atoms. The smallest absolute Gasteiger partial charge is 0.397 e. The fourth-order valence-electron chi connectivity index (χ4n) is 2.41. The van der Waals surface area contributed by atoms with Crippen LogP contribution in [0.5, 0.6) is 0 Å². The van der Waals surface area contributed by atoms with E-state index in [1.807, 2.05) is 0 Å². The molecule has 114 valence electrons. The first-order valence-corrected chi connectivity index (χ1v) is 7.62. The molecule has 2 N–H and O–H groups in total. The molecule has 0 saturated heterocycles. The third kappa shape index (κ3) is 5.81. The quantitative estimate of drug-likeness (QED) is 0.536. The third-order valence-electron chi connectivity index (χ3n) is 3.25. The Hall–Kier alpha value is -1.25. The highest BCUT2D eigenvalue weighted by molar-refractivity contribution is 7.80. The molecule has 1 fully saturated rings. The molecule has 0 aromatic carbocycles. The molecule has 1 rings (SSSR count). The monoisotopic (exact) mass is 306 g/mol. The highest BCUT2D eigenvalue weighted by Crippen LogP contribution is 2.34. The molecule has 1 aliphatic rings. The van der Waals surface area contributed by atoms with E-state index < -0.39 is 22.5 Å². The fourth-order valence-corrected chi connectivity index (χ4v) is 2.86. The van der Waals surface area contributed by atoms with Gasteiger partial charge in [0.05, 0.1) is 6.10 Å². The standard InChI is InChI=1S/C12H18O7S/c1-8(19-20(16,17)18)3-2-4-10-9(7-12(14)15)5-6-11(10)13/h2-3,8-10H,4-7H2,1H3,(H,14,15)(H,16,17,18)/b3-2+. The number of carbonyl (C=O) groups is 2. The van der Waals surface area contributed by atoms with Crippen LogP contribution in [0.4, 0.5) is 0 Å². The molecule has 3 unspecified atom stereocenters. The first-order chi connectivity index (χ1) is 9.19. The molecular weight excluding hydrogens is 288 g/mol. The highest BCUT2D eigenvalue weighted by atomic mass is 32.3. The van der Waals surface area contributed by atoms with E-state index in [4.69, 9.17) is 9.66 Å². The summed E-state index contributed by atoms with van der Waals surface area (Å²) in [5, 5.41) is 8.78. The summed E-state index contributed by atoms with van der Waals surface area (Å²) >= 11 is 0. The van der Waals surface area contributed by atoms with Crippen molar-refractivity contribution in [2.24, 2.45) is 11.8 Å². The van der Waals surface area contributed by atoms with E-state index in [0.29, 0.717) is 19.3 Å². The van der Waals surface area contributed by atoms with Gasteiger partial charge < -0.3 is 5.11 Å². The van der Waals surface area contributed by atoms with Crippen LogP contribution >= 0.6 is 0 Å². The van der Waals surface area contributed by atoms with Gasteiger partial charge in [-0.2, -0.15) is 8.42 Å². The summed E-state index contributed by atoms with van der Waals surface area (Å²) in [5.74, 6) is -1.42. The molecule has 0 spiro atoms. The van der Waals surface area contributed by atoms with Gasteiger partial charge in [0.2, 0.25) is 0 Å². The second-order valence-corrected chi connectivity index (χ2v) is 5.91. The second kappa shape index (κ2) is 6.96. The van der Waals surface area contributed by atoms with Gasteiger partial charge in [-0.05, 0) is 25.7 Å². The van der Waals surface area contributed by atoms with Gasteiger partial charge in [0.15, 0.2) is 0 Å². The van der Waals surface area contributed by atoms with Crippen LogP contribution in [-0.2, 0) is 24.2 Å². The molecule has 1 aliphatic carbocycles. The molecule has 0 amide bonds. The summed E-state index contributed by atoms with van der Waals surface area (Å²) in [4.78, 5) is 22.4. The summed E-state index contributed by atoms with van der Waals surface area (Å²) in [7, 11) is -4.51. The summed E-state index contributed by atoms with van der Waals surface area (Å²) in [6, 6.07) is 0. The number of hydrogen-bond acceptors (Lipinski definition) is 5. The zero-order valence-corrected chi connectivity index (χ0v) is 11.9. The van der Waals surface area contributed by atoms with E-state index in [9.17, 15) is 18.0 Å². The Morgan fingerprint density at radius 3 is 2.75 bits per heavy atom. The van der Waals surface area contributed by atoms with Crippen LogP contribution < -0.4 is 0 Å². The number of ketones is 1. The lowest BCUT2D eigenvalue weighted by molar-refractivity contribution is -0.138. The third-order valence-corrected chi connectivity index (χ3v) is 3.80. The van der Waals surface area contributed by atoms with E-state index >= 15 is 0 Å². The predicted octanol–water partition coefficient (Wildman–Crippen LogP) is 1.21. The van der Waals surface area contributed by atoms with Crippen molar-refractivity contribution >= 4 is 22.2 Å². The number of rotatable bonds is 7. The average Bonchev–Trinajstić information content (AvgIpc) is 2.58. The number of hydrogen-bond donors (Lipinski definition) is 2. The summed E-state index contributed by atoms with van der Waals surface area (Å²) in [6.45, 7) is 1.43. The zero-order chi connectivity index (χ0) is 15.3. The van der Waals surface area contributed by atoms with Gasteiger partial charge in [-0.25, -0.2) is 4.18 Å². The molecule has 8 heteroatoms. The van der Waals surface area contributed by atoms with E-state index in [-0.39, 0.29) is 24.0 Å². The van der Waals surface area contributed by atoms with Gasteiger partial charge in [0, 0.05) is 18.8 Å². The zero-order valence-electron chi connectivity index (χ0n) is 11.1. The molecule has 0 aliphatic heterocycles. The summed E-state index contributed by atoms with van der Waals surface area (Å²) in [6.07, 6.45) is 3.40. The number of aliphatic carboxylic acids is 1. The minimum atomic E-state index is -4.51. The van der Waals surface area contributed by atoms with Gasteiger partial charge in [-0.15, -0.1) is 0 Å². The van der Waals surface area contributed by atoms with Crippen LogP contribution in [0.2, 0.25) is 0 Å². The molecule has 20 heavy (non-hydrogen) atoms. The van der Waals surface area contributed by atoms with Gasteiger partial charge in [0.1, 0.15) is 5.78 Å². The first-order valence-electron chi connectivity index (χ1n) is 6.26. The fraction of sp³-hybridized carbons (Fsp3) is 0.667. The first kappa shape index (κ1) is 16.8. The van der Waals surface area contributed by atoms with Gasteiger partial charge in [0.25, 0.3) is 0 Å². The lowest BCUT2D eigenvalue weighted by atomic mass is 9.89. The molecule has 0 aromatic rings. The molecule has 7 nitrogen and oxygen atoms in total. The van der Waals surface area contributed by atoms with Crippen molar-refractivity contribution < 1.29 is 31.8 Å². The SMILES string of the molecule is CC(/C=C/CC1C(=O)CCC1CC(=O)O)OS(=O)(=O)O. The lowest BCUT2D eigenvalue weighted by Gasteiger charge is -2.14. The highest BCUT2D eigenvalue weighted by Gasteiger charge is 2.34. The molecule has 1 saturated carbocycles. The van der Waals surface area contributed by atoms with Crippen molar-refractivity contribution in [3.63, 3.8) is 0 Å². The van der Waals surface area contributed by atoms with Crippen molar-refractivity contribution in [1.29, 1.82) is 0 Å². The van der Waals surface area contributed by atoms with E-state index in [2.05, 4.69) is 4.18 Å². The van der Waals surface area contributed by atoms with Crippen LogP contribution in [0.15, 0.2) is 12.2 Å². The number of carbonyl (C=O) groups excluding carboxylic acids is 1. The maximum Gasteiger partial charge on any atom is 0.397 e. The topological polar surface area (TPSA) is 118 Å². The van der Waals surface area contributed by atoms with Crippen molar-refractivity contribution in [3.05, 3.63) is 12.2 Å². The Kier molecular flexibility index (Phi) is 5.85. The van der Waals surface area contributed by atoms with E-state index in [1.54, 1.807) is 6.08 Å². The minimum absolute atomic E-state index is 0.0317. The normalized spacial score (nSPS) is 25.2. The number of carboxylic acids is 1. The Morgan fingerprint density at radius 1 is 1.55 bits per heavy atom. The maximum absolute atomic E-state index is 11.7. The summed E-state index contributed by atoms with van der Waals surface area (Å²) < 4.78 is 33.7. The van der Waals surface area contributed by atoms with Crippen LogP contribution in [-0.4, -0.2) is 35.9 Å². The van der Waals surface area contributed by atoms with Gasteiger partial charge >= 0.3 is 16.4 Å². The van der Waals surface area contributed by atoms with E-state index in [0.717, 1.165) is 0 Å². The molecule has 3 atom stereocenters. The number of allylic oxidation sites excluding steroid dienone is 1. The Labute approximate surface area is 117 Å². The van der Waals surface area contributed by atoms with E-state index in [1.165, 1.54) is 13.0 Å². The van der Waals surface area contributed by atoms with Crippen LogP contribution in [0.25, 0.3) is 0 Å². The molecule has 0 radical (unpaired) electrons. The Bertz CT molecular complexity index is 494. The van der Waals surface area contributed by atoms with Crippen LogP contribution in [0.1, 0.15) is 32.6 Å². The molecular formula is C12H18O7S. The van der Waals surface area contributed by atoms with Crippen molar-refractivity contribution in [3.8, 4) is 0 Å².